The van der Waals surface area contributed by atoms with Crippen LogP contribution in [0.3, 0.4) is 0 Å². The Hall–Kier alpha value is -1.36. The Kier molecular flexibility index (Phi) is 3.91. The monoisotopic (exact) mass is 278 g/mol. The standard InChI is InChI=1S/C15H26N4O/c1-10-8-18(9-11(2)16-10)14(20)13-7-12(3)19(17-13)15(4,5)6/h7,10-11,16H,8-9H2,1-6H3/t10-,11+. The van der Waals surface area contributed by atoms with Gasteiger partial charge in [-0.05, 0) is 47.6 Å². The van der Waals surface area contributed by atoms with Gasteiger partial charge < -0.3 is 10.2 Å². The summed E-state index contributed by atoms with van der Waals surface area (Å²) in [6, 6.07) is 2.55. The minimum absolute atomic E-state index is 0.0382. The minimum Gasteiger partial charge on any atom is -0.334 e. The van der Waals surface area contributed by atoms with Gasteiger partial charge in [-0.3, -0.25) is 9.48 Å². The highest BCUT2D eigenvalue weighted by Crippen LogP contribution is 2.18. The molecule has 1 aliphatic heterocycles. The molecule has 1 aromatic heterocycles. The number of hydrogen-bond acceptors (Lipinski definition) is 3. The van der Waals surface area contributed by atoms with Gasteiger partial charge >= 0.3 is 0 Å². The summed E-state index contributed by atoms with van der Waals surface area (Å²) < 4.78 is 1.93. The quantitative estimate of drug-likeness (QED) is 0.852. The summed E-state index contributed by atoms with van der Waals surface area (Å²) in [6.07, 6.45) is 0. The number of piperazine rings is 1. The summed E-state index contributed by atoms with van der Waals surface area (Å²) >= 11 is 0. The predicted octanol–water partition coefficient (Wildman–Crippen LogP) is 1.77. The van der Waals surface area contributed by atoms with Crippen LogP contribution >= 0.6 is 0 Å². The Bertz CT molecular complexity index is 490. The van der Waals surface area contributed by atoms with Gasteiger partial charge in [0.15, 0.2) is 5.69 Å². The molecule has 1 saturated heterocycles. The number of amides is 1. The lowest BCUT2D eigenvalue weighted by Gasteiger charge is -2.35. The summed E-state index contributed by atoms with van der Waals surface area (Å²) in [4.78, 5) is 14.5. The van der Waals surface area contributed by atoms with E-state index in [1.165, 1.54) is 0 Å². The van der Waals surface area contributed by atoms with Crippen molar-refractivity contribution in [1.29, 1.82) is 0 Å². The maximum atomic E-state index is 12.6. The molecule has 2 rings (SSSR count). The zero-order chi connectivity index (χ0) is 15.1. The molecule has 5 nitrogen and oxygen atoms in total. The van der Waals surface area contributed by atoms with Crippen LogP contribution < -0.4 is 5.32 Å². The van der Waals surface area contributed by atoms with Crippen molar-refractivity contribution >= 4 is 5.91 Å². The fourth-order valence-corrected chi connectivity index (χ4v) is 2.91. The number of rotatable bonds is 1. The Morgan fingerprint density at radius 2 is 1.85 bits per heavy atom. The van der Waals surface area contributed by atoms with Crippen LogP contribution in [0.1, 0.15) is 50.8 Å². The SMILES string of the molecule is Cc1cc(C(=O)N2C[C@@H](C)N[C@@H](C)C2)nn1C(C)(C)C. The first-order valence-corrected chi connectivity index (χ1v) is 7.31. The van der Waals surface area contributed by atoms with Crippen molar-refractivity contribution in [3.8, 4) is 0 Å². The Balaban J connectivity index is 2.21. The molecule has 0 spiro atoms. The van der Waals surface area contributed by atoms with Gasteiger partial charge in [-0.1, -0.05) is 0 Å². The largest absolute Gasteiger partial charge is 0.334 e. The predicted molar refractivity (Wildman–Crippen MR) is 79.9 cm³/mol. The summed E-state index contributed by atoms with van der Waals surface area (Å²) in [5, 5.41) is 7.95. The lowest BCUT2D eigenvalue weighted by molar-refractivity contribution is 0.0666. The average Bonchev–Trinajstić information content (AvgIpc) is 2.68. The fraction of sp³-hybridized carbons (Fsp3) is 0.733. The highest BCUT2D eigenvalue weighted by Gasteiger charge is 2.28. The summed E-state index contributed by atoms with van der Waals surface area (Å²) in [5.74, 6) is 0.0382. The second-order valence-electron chi connectivity index (χ2n) is 6.93. The van der Waals surface area contributed by atoms with Gasteiger partial charge in [0.25, 0.3) is 5.91 Å². The van der Waals surface area contributed by atoms with Crippen molar-refractivity contribution in [2.45, 2.75) is 59.2 Å². The van der Waals surface area contributed by atoms with Gasteiger partial charge in [0.05, 0.1) is 5.54 Å². The zero-order valence-electron chi connectivity index (χ0n) is 13.4. The van der Waals surface area contributed by atoms with Crippen molar-refractivity contribution in [1.82, 2.24) is 20.0 Å². The molecular weight excluding hydrogens is 252 g/mol. The van der Waals surface area contributed by atoms with E-state index < -0.39 is 0 Å². The topological polar surface area (TPSA) is 50.2 Å². The molecule has 0 aromatic carbocycles. The van der Waals surface area contributed by atoms with Gasteiger partial charge in [-0.2, -0.15) is 5.10 Å². The third-order valence-electron chi connectivity index (χ3n) is 3.59. The maximum Gasteiger partial charge on any atom is 0.274 e. The number of nitrogens with one attached hydrogen (secondary N) is 1. The number of carbonyl (C=O) groups excluding carboxylic acids is 1. The lowest BCUT2D eigenvalue weighted by Crippen LogP contribution is -2.55. The number of carbonyl (C=O) groups is 1. The summed E-state index contributed by atoms with van der Waals surface area (Å²) in [6.45, 7) is 14.0. The molecule has 0 unspecified atom stereocenters. The molecule has 1 N–H and O–H groups in total. The summed E-state index contributed by atoms with van der Waals surface area (Å²) in [7, 11) is 0. The molecule has 0 aliphatic carbocycles. The molecule has 112 valence electrons. The number of hydrogen-bond donors (Lipinski definition) is 1. The van der Waals surface area contributed by atoms with E-state index in [0.717, 1.165) is 18.8 Å². The zero-order valence-corrected chi connectivity index (χ0v) is 13.4. The fourth-order valence-electron chi connectivity index (χ4n) is 2.91. The van der Waals surface area contributed by atoms with Gasteiger partial charge in [-0.15, -0.1) is 0 Å². The van der Waals surface area contributed by atoms with Crippen molar-refractivity contribution in [2.75, 3.05) is 13.1 Å². The number of aryl methyl sites for hydroxylation is 1. The molecule has 1 aromatic rings. The second-order valence-corrected chi connectivity index (χ2v) is 6.93. The van der Waals surface area contributed by atoms with Crippen molar-refractivity contribution < 1.29 is 4.79 Å². The molecule has 1 amide bonds. The number of nitrogens with zero attached hydrogens (tertiary/aromatic N) is 3. The van der Waals surface area contributed by atoms with Crippen LogP contribution in [0.5, 0.6) is 0 Å². The van der Waals surface area contributed by atoms with Crippen LogP contribution in [0.25, 0.3) is 0 Å². The van der Waals surface area contributed by atoms with Crippen LogP contribution in [0.2, 0.25) is 0 Å². The Morgan fingerprint density at radius 1 is 1.30 bits per heavy atom. The van der Waals surface area contributed by atoms with Crippen molar-refractivity contribution in [3.63, 3.8) is 0 Å². The minimum atomic E-state index is -0.105. The maximum absolute atomic E-state index is 12.6. The number of aromatic nitrogens is 2. The second kappa shape index (κ2) is 5.20. The normalized spacial score (nSPS) is 24.0. The van der Waals surface area contributed by atoms with Crippen molar-refractivity contribution in [2.24, 2.45) is 0 Å². The van der Waals surface area contributed by atoms with E-state index in [0.29, 0.717) is 17.8 Å². The van der Waals surface area contributed by atoms with E-state index >= 15 is 0 Å². The molecule has 0 saturated carbocycles. The van der Waals surface area contributed by atoms with Crippen LogP contribution in [0.15, 0.2) is 6.07 Å². The molecule has 20 heavy (non-hydrogen) atoms. The van der Waals surface area contributed by atoms with Gasteiger partial charge in [0.1, 0.15) is 0 Å². The van der Waals surface area contributed by atoms with Crippen molar-refractivity contribution in [3.05, 3.63) is 17.5 Å². The van der Waals surface area contributed by atoms with E-state index in [-0.39, 0.29) is 11.4 Å². The molecule has 5 heteroatoms. The molecule has 2 heterocycles. The van der Waals surface area contributed by atoms with Gasteiger partial charge in [-0.25, -0.2) is 0 Å². The van der Waals surface area contributed by atoms with E-state index in [2.05, 4.69) is 45.0 Å². The average molecular weight is 278 g/mol. The Morgan fingerprint density at radius 3 is 2.30 bits per heavy atom. The molecule has 0 radical (unpaired) electrons. The molecule has 1 fully saturated rings. The first-order valence-electron chi connectivity index (χ1n) is 7.31. The highest BCUT2D eigenvalue weighted by atomic mass is 16.2. The lowest BCUT2D eigenvalue weighted by atomic mass is 10.1. The molecule has 0 bridgehead atoms. The first kappa shape index (κ1) is 15.0. The van der Waals surface area contributed by atoms with E-state index in [4.69, 9.17) is 0 Å². The van der Waals surface area contributed by atoms with Crippen LogP contribution in [0, 0.1) is 6.92 Å². The van der Waals surface area contributed by atoms with Gasteiger partial charge in [0.2, 0.25) is 0 Å². The first-order chi connectivity index (χ1) is 9.18. The summed E-state index contributed by atoms with van der Waals surface area (Å²) in [5.41, 5.74) is 1.47. The third kappa shape index (κ3) is 3.03. The smallest absolute Gasteiger partial charge is 0.274 e. The molecule has 1 aliphatic rings. The Labute approximate surface area is 121 Å². The van der Waals surface area contributed by atoms with E-state index in [9.17, 15) is 4.79 Å². The molecular formula is C15H26N4O. The van der Waals surface area contributed by atoms with Crippen LogP contribution in [-0.2, 0) is 5.54 Å². The van der Waals surface area contributed by atoms with E-state index in [1.807, 2.05) is 22.6 Å². The van der Waals surface area contributed by atoms with Gasteiger partial charge in [0, 0.05) is 30.9 Å². The van der Waals surface area contributed by atoms with Crippen LogP contribution in [-0.4, -0.2) is 45.8 Å². The van der Waals surface area contributed by atoms with Crippen LogP contribution in [0.4, 0.5) is 0 Å². The van der Waals surface area contributed by atoms with E-state index in [1.54, 1.807) is 0 Å². The highest BCUT2D eigenvalue weighted by molar-refractivity contribution is 5.92. The molecule has 2 atom stereocenters. The third-order valence-corrected chi connectivity index (χ3v) is 3.59.